The number of carbonyl (C=O) groups excluding carboxylic acids is 8. The largest absolute Gasteiger partial charge is 0.480 e. The first-order chi connectivity index (χ1) is 53.1. The van der Waals surface area contributed by atoms with E-state index in [1.165, 1.54) is 0 Å². The lowest BCUT2D eigenvalue weighted by molar-refractivity contribution is -0.141. The van der Waals surface area contributed by atoms with Crippen LogP contribution in [0.25, 0.3) is 0 Å². The van der Waals surface area contributed by atoms with Crippen molar-refractivity contribution in [3.8, 4) is 0 Å². The summed E-state index contributed by atoms with van der Waals surface area (Å²) in [5, 5.41) is 95.7. The van der Waals surface area contributed by atoms with Crippen LogP contribution in [0.4, 0.5) is 21.0 Å². The molecule has 0 aromatic heterocycles. The number of thioether (sulfide) groups is 2. The third-order valence-corrected chi connectivity index (χ3v) is 21.7. The monoisotopic (exact) mass is 1630 g/mol. The second-order valence-corrected chi connectivity index (χ2v) is 28.9. The van der Waals surface area contributed by atoms with Crippen LogP contribution in [0.15, 0.2) is 53.5 Å². The van der Waals surface area contributed by atoms with Crippen LogP contribution >= 0.6 is 48.0 Å². The maximum absolute atomic E-state index is 12.4. The molecule has 6 aliphatic rings. The van der Waals surface area contributed by atoms with Gasteiger partial charge in [0.05, 0.1) is 88.1 Å². The number of anilines is 1. The highest BCUT2D eigenvalue weighted by atomic mass is 32.2. The first-order valence-corrected chi connectivity index (χ1v) is 38.3. The normalized spacial score (nSPS) is 22.2. The molecule has 0 bridgehead atoms. The molecule has 2 aromatic rings. The molecular weight excluding hydrogens is 1520 g/mol. The van der Waals surface area contributed by atoms with E-state index in [1.54, 1.807) is 41.5 Å². The number of rotatable bonds is 28. The lowest BCUT2D eigenvalue weighted by Crippen LogP contribution is -2.53. The van der Waals surface area contributed by atoms with Gasteiger partial charge in [-0.15, -0.1) is 0 Å². The van der Waals surface area contributed by atoms with Gasteiger partial charge in [-0.25, -0.2) is 15.4 Å². The minimum Gasteiger partial charge on any atom is -0.480 e. The first-order valence-electron chi connectivity index (χ1n) is 35.3. The van der Waals surface area contributed by atoms with Gasteiger partial charge in [0, 0.05) is 144 Å². The molecule has 42 heteroatoms. The third-order valence-electron chi connectivity index (χ3n) is 18.4. The highest BCUT2D eigenvalue weighted by Gasteiger charge is 2.44. The van der Waals surface area contributed by atoms with Crippen molar-refractivity contribution in [3.05, 3.63) is 59.7 Å². The molecule has 6 amide bonds. The Morgan fingerprint density at radius 1 is 0.500 bits per heavy atom. The summed E-state index contributed by atoms with van der Waals surface area (Å²) in [4.78, 5) is 143. The van der Waals surface area contributed by atoms with Crippen LogP contribution < -0.4 is 48.7 Å². The summed E-state index contributed by atoms with van der Waals surface area (Å²) in [5.74, 6) is 2.63. The zero-order valence-electron chi connectivity index (χ0n) is 61.8. The molecule has 8 atom stereocenters. The van der Waals surface area contributed by atoms with Crippen molar-refractivity contribution in [2.45, 2.75) is 111 Å². The number of carboxylic acid groups (broad SMARTS) is 4. The Balaban J connectivity index is 0.000000594. The number of aliphatic imine (C=N–C) groups is 1. The molecule has 0 radical (unpaired) electrons. The number of aliphatic hydroxyl groups excluding tert-OH is 4. The maximum Gasteiger partial charge on any atom is 0.317 e. The number of carbonyl (C=O) groups is 12. The number of unbranched alkanes of at least 4 members (excludes halogenated alkanes) is 2. The zero-order chi connectivity index (χ0) is 81.9. The van der Waals surface area contributed by atoms with Gasteiger partial charge in [-0.05, 0) is 98.4 Å². The number of benzene rings is 2. The van der Waals surface area contributed by atoms with E-state index >= 15 is 0 Å². The average molecular weight is 1630 g/mol. The summed E-state index contributed by atoms with van der Waals surface area (Å²) >= 11 is 13.7. The number of nitrogens with one attached hydrogen (secondary N) is 8. The minimum atomic E-state index is -1.01. The standard InChI is InChI=1S/C32H51N9O8S2.C22H33N5O6S.C10H18N4O2S.4CH2O/c42-20-38-9-10-39(21-43)13-14-41(18-29(47)48)24(16-40(12-11-38)17-28(45)46)15-22-5-7-23(8-6-22)33-32(50)37-36-27(44)4-2-1-3-26-30-25(19-51-26)34-31(49)35-30;28-16-24-5-6-25(17-29)9-10-27(14-22(32)33)20(12-26(8-7-24)13-21(30)31)11-18-1-3-19(4-2-18)23-15-34;11-14-8(15)4-2-1-3-7-9-6(5-17-7)12-10(16)13-9;4*1-2/h5-8,24-26,30,42-43H,1-4,9-21H2,(H,36,44)(H,45,46)(H,47,48)(H2,33,37,50)(H2,34,35,49);1-4,20,28-29H,5-14,16-17H2,(H,30,31)(H,32,33);6-7,9H,1-5,11H2,(H,14,15)(H2,12,13,16);4*1H2. The van der Waals surface area contributed by atoms with Crippen molar-refractivity contribution in [1.29, 1.82) is 0 Å². The topological polar surface area (TPSA) is 527 Å². The lowest BCUT2D eigenvalue weighted by Gasteiger charge is -2.37. The predicted molar refractivity (Wildman–Crippen MR) is 420 cm³/mol. The van der Waals surface area contributed by atoms with Crippen LogP contribution in [0.1, 0.15) is 62.5 Å². The molecule has 6 fully saturated rings. The molecule has 8 unspecified atom stereocenters. The molecule has 2 aromatic carbocycles. The van der Waals surface area contributed by atoms with E-state index in [1.807, 2.05) is 96.9 Å². The fourth-order valence-corrected chi connectivity index (χ4v) is 16.2. The highest BCUT2D eigenvalue weighted by molar-refractivity contribution is 8.00. The Labute approximate surface area is 659 Å². The van der Waals surface area contributed by atoms with E-state index in [9.17, 15) is 79.2 Å². The summed E-state index contributed by atoms with van der Waals surface area (Å²) in [6, 6.07) is 14.8. The Hall–Kier alpha value is -7.85. The Kier molecular flexibility index (Phi) is 51.1. The smallest absolute Gasteiger partial charge is 0.317 e. The van der Waals surface area contributed by atoms with E-state index in [0.717, 1.165) is 54.7 Å². The minimum absolute atomic E-state index is 0.0483. The number of aliphatic carboxylic acids is 4. The maximum atomic E-state index is 12.4. The summed E-state index contributed by atoms with van der Waals surface area (Å²) < 4.78 is 0. The molecule has 6 aliphatic heterocycles. The molecule has 6 heterocycles. The summed E-state index contributed by atoms with van der Waals surface area (Å²) in [6.45, 7) is 12.0. The number of hydrogen-bond acceptors (Lipinski definition) is 30. The van der Waals surface area contributed by atoms with Crippen molar-refractivity contribution in [2.24, 2.45) is 10.8 Å². The predicted octanol–water partition coefficient (Wildman–Crippen LogP) is -2.48. The lowest BCUT2D eigenvalue weighted by atomic mass is 10.0. The van der Waals surface area contributed by atoms with Crippen LogP contribution in [-0.2, 0) is 60.8 Å². The number of thiocarbonyl (C=S) groups is 2. The van der Waals surface area contributed by atoms with Crippen molar-refractivity contribution >= 4 is 145 Å². The molecule has 110 heavy (non-hydrogen) atoms. The van der Waals surface area contributed by atoms with Crippen LogP contribution in [0, 0.1) is 0 Å². The molecule has 0 spiro atoms. The highest BCUT2D eigenvalue weighted by Crippen LogP contribution is 2.34. The van der Waals surface area contributed by atoms with Gasteiger partial charge in [0.1, 0.15) is 27.2 Å². The molecule has 616 valence electrons. The molecular formula is C68H110N18O20S4. The Morgan fingerprint density at radius 2 is 0.855 bits per heavy atom. The third kappa shape index (κ3) is 38.4. The van der Waals surface area contributed by atoms with Crippen molar-refractivity contribution in [2.75, 3.05) is 162 Å². The number of isothiocyanates is 1. The van der Waals surface area contributed by atoms with E-state index in [-0.39, 0.29) is 125 Å². The Bertz CT molecular complexity index is 3130. The van der Waals surface area contributed by atoms with Crippen LogP contribution in [0.3, 0.4) is 0 Å². The van der Waals surface area contributed by atoms with Gasteiger partial charge in [0.15, 0.2) is 5.11 Å². The zero-order valence-corrected chi connectivity index (χ0v) is 65.1. The van der Waals surface area contributed by atoms with Crippen LogP contribution in [0.2, 0.25) is 0 Å². The van der Waals surface area contributed by atoms with Crippen LogP contribution in [0.5, 0.6) is 0 Å². The van der Waals surface area contributed by atoms with Gasteiger partial charge >= 0.3 is 35.9 Å². The molecule has 8 rings (SSSR count). The quantitative estimate of drug-likeness (QED) is 0.00797. The molecule has 6 saturated heterocycles. The number of carboxylic acids is 4. The van der Waals surface area contributed by atoms with Gasteiger partial charge in [-0.3, -0.25) is 84.2 Å². The van der Waals surface area contributed by atoms with Crippen molar-refractivity contribution in [1.82, 2.24) is 76.7 Å². The molecule has 0 aliphatic carbocycles. The number of fused-ring (bicyclic) bond motifs is 2. The SMILES string of the molecule is C=O.C=O.C=O.C=O.NNC(=O)CCCCC1SCC2NC(=O)NC21.O=C(O)CN1CCN(CO)CCN(CO)CCN(CC(=O)O)C(Cc2ccc(N=C=S)cc2)C1.O=C(O)CN1CCN(CO)CCN(CO)CCN(CC(=O)O)C(Cc2ccc(NC(=S)NNC(=O)CCCCC3SCC4NC(=O)NC43)cc2)C1. The number of nitrogens with zero attached hydrogens (tertiary/aromatic N) is 9. The van der Waals surface area contributed by atoms with Gasteiger partial charge in [-0.1, -0.05) is 37.1 Å². The fourth-order valence-electron chi connectivity index (χ4n) is 12.9. The van der Waals surface area contributed by atoms with E-state index < -0.39 is 23.9 Å². The number of amides is 6. The van der Waals surface area contributed by atoms with Crippen molar-refractivity contribution in [3.63, 3.8) is 0 Å². The number of hydrogen-bond donors (Lipinski definition) is 17. The van der Waals surface area contributed by atoms with Crippen molar-refractivity contribution < 1.29 is 98.4 Å². The molecule has 18 N–H and O–H groups in total. The second kappa shape index (κ2) is 57.2. The van der Waals surface area contributed by atoms with E-state index in [2.05, 4.69) is 65.2 Å². The summed E-state index contributed by atoms with van der Waals surface area (Å²) in [7, 11) is 0. The Morgan fingerprint density at radius 3 is 1.21 bits per heavy atom. The first kappa shape index (κ1) is 98.2. The summed E-state index contributed by atoms with van der Waals surface area (Å²) in [5.41, 5.74) is 10.6. The van der Waals surface area contributed by atoms with E-state index in [4.69, 9.17) is 37.2 Å². The molecule has 38 nitrogen and oxygen atoms in total. The summed E-state index contributed by atoms with van der Waals surface area (Å²) in [6.07, 6.45) is 7.11. The van der Waals surface area contributed by atoms with Gasteiger partial charge in [0.25, 0.3) is 0 Å². The fraction of sp³-hybridized carbons (Fsp3) is 0.618. The van der Waals surface area contributed by atoms with E-state index in [0.29, 0.717) is 139 Å². The molecule has 0 saturated carbocycles. The van der Waals surface area contributed by atoms with Crippen LogP contribution in [-0.4, -0.2) is 368 Å². The van der Waals surface area contributed by atoms with Gasteiger partial charge in [-0.2, -0.15) is 28.5 Å². The number of urea groups is 2. The number of aliphatic hydroxyl groups is 4. The number of nitrogens with two attached hydrogens (primary N) is 1. The van der Waals surface area contributed by atoms with Gasteiger partial charge in [0.2, 0.25) is 11.8 Å². The number of hydrazine groups is 2. The van der Waals surface area contributed by atoms with Gasteiger partial charge < -0.3 is 86.6 Å². The average Bonchev–Trinajstić information content (AvgIpc) is 1.68. The second-order valence-electron chi connectivity index (χ2n) is 25.7.